The first kappa shape index (κ1) is 18.6. The summed E-state index contributed by atoms with van der Waals surface area (Å²) in [6, 6.07) is 32.8. The molecule has 3 aromatic carbocycles. The molecule has 0 bridgehead atoms. The third kappa shape index (κ3) is 3.31. The van der Waals surface area contributed by atoms with Gasteiger partial charge in [0.1, 0.15) is 0 Å². The Bertz CT molecular complexity index is 885. The van der Waals surface area contributed by atoms with Crippen molar-refractivity contribution in [3.05, 3.63) is 108 Å². The van der Waals surface area contributed by atoms with E-state index in [0.717, 1.165) is 32.5 Å². The topological polar surface area (TPSA) is 23.5 Å². The number of hydrogen-bond donors (Lipinski definition) is 1. The van der Waals surface area contributed by atoms with Crippen molar-refractivity contribution in [1.29, 1.82) is 0 Å². The summed E-state index contributed by atoms with van der Waals surface area (Å²) in [6.45, 7) is 2.96. The Hall–Kier alpha value is -2.42. The second-order valence-electron chi connectivity index (χ2n) is 8.76. The molecule has 3 aromatic rings. The monoisotopic (exact) mass is 383 g/mol. The van der Waals surface area contributed by atoms with E-state index < -0.39 is 0 Å². The Morgan fingerprint density at radius 3 is 1.90 bits per heavy atom. The first-order valence-corrected chi connectivity index (χ1v) is 10.8. The van der Waals surface area contributed by atoms with Crippen LogP contribution in [0.15, 0.2) is 91.0 Å². The molecule has 1 N–H and O–H groups in total. The second kappa shape index (κ2) is 7.78. The van der Waals surface area contributed by atoms with Crippen molar-refractivity contribution in [1.82, 2.24) is 4.90 Å². The number of fused-ring (bicyclic) bond motifs is 1. The van der Waals surface area contributed by atoms with Crippen molar-refractivity contribution < 1.29 is 5.11 Å². The van der Waals surface area contributed by atoms with Crippen molar-refractivity contribution in [2.45, 2.75) is 30.9 Å². The van der Waals surface area contributed by atoms with Crippen LogP contribution in [0.25, 0.3) is 0 Å². The van der Waals surface area contributed by atoms with E-state index in [0.29, 0.717) is 11.8 Å². The van der Waals surface area contributed by atoms with Crippen molar-refractivity contribution in [2.24, 2.45) is 11.8 Å². The molecule has 2 aliphatic rings. The fourth-order valence-corrected chi connectivity index (χ4v) is 5.92. The van der Waals surface area contributed by atoms with Crippen LogP contribution >= 0.6 is 0 Å². The summed E-state index contributed by atoms with van der Waals surface area (Å²) in [5, 5.41) is 11.0. The van der Waals surface area contributed by atoms with Crippen LogP contribution in [0.1, 0.15) is 29.5 Å². The van der Waals surface area contributed by atoms with Gasteiger partial charge in [0.25, 0.3) is 0 Å². The first-order valence-electron chi connectivity index (χ1n) is 10.8. The molecule has 5 rings (SSSR count). The Labute approximate surface area is 173 Å². The molecule has 148 valence electrons. The number of rotatable bonds is 4. The summed E-state index contributed by atoms with van der Waals surface area (Å²) < 4.78 is 0. The van der Waals surface area contributed by atoms with Gasteiger partial charge < -0.3 is 5.11 Å². The lowest BCUT2D eigenvalue weighted by Crippen LogP contribution is -2.48. The number of nitrogens with zero attached hydrogens (tertiary/aromatic N) is 1. The minimum absolute atomic E-state index is 0.0299. The lowest BCUT2D eigenvalue weighted by Gasteiger charge is -2.48. The predicted octanol–water partition coefficient (Wildman–Crippen LogP) is 4.88. The maximum atomic E-state index is 11.0. The number of aliphatic hydroxyl groups excluding tert-OH is 1. The highest BCUT2D eigenvalue weighted by Gasteiger charge is 2.54. The molecular formula is C27H29NO. The van der Waals surface area contributed by atoms with Crippen molar-refractivity contribution in [2.75, 3.05) is 13.1 Å². The van der Waals surface area contributed by atoms with Gasteiger partial charge in [-0.25, -0.2) is 0 Å². The van der Waals surface area contributed by atoms with E-state index in [2.05, 4.69) is 95.9 Å². The Kier molecular flexibility index (Phi) is 4.99. The van der Waals surface area contributed by atoms with Gasteiger partial charge in [-0.1, -0.05) is 91.0 Å². The van der Waals surface area contributed by atoms with Gasteiger partial charge in [0.05, 0.1) is 6.10 Å². The van der Waals surface area contributed by atoms with E-state index in [4.69, 9.17) is 0 Å². The van der Waals surface area contributed by atoms with Gasteiger partial charge in [-0.3, -0.25) is 4.90 Å². The molecule has 0 amide bonds. The van der Waals surface area contributed by atoms with Crippen LogP contribution in [0.3, 0.4) is 0 Å². The van der Waals surface area contributed by atoms with Crippen molar-refractivity contribution in [3.63, 3.8) is 0 Å². The zero-order valence-corrected chi connectivity index (χ0v) is 16.8. The second-order valence-corrected chi connectivity index (χ2v) is 8.76. The molecule has 0 radical (unpaired) electrons. The quantitative estimate of drug-likeness (QED) is 0.694. The standard InChI is InChI=1S/C27H29NO/c29-26-16-17-27(22-12-6-2-7-13-22,23-14-8-3-9-15-23)25-20-28(19-24(25)26)18-21-10-4-1-5-11-21/h1-15,24-26,29H,16-20H2/t24-,25+,26+/m0/s1. The number of hydrogen-bond acceptors (Lipinski definition) is 2. The third-order valence-corrected chi connectivity index (χ3v) is 7.23. The summed E-state index contributed by atoms with van der Waals surface area (Å²) in [5.74, 6) is 0.729. The minimum atomic E-state index is -0.207. The van der Waals surface area contributed by atoms with E-state index in [9.17, 15) is 5.11 Å². The molecule has 29 heavy (non-hydrogen) atoms. The van der Waals surface area contributed by atoms with Gasteiger partial charge in [0.15, 0.2) is 0 Å². The molecular weight excluding hydrogens is 354 g/mol. The molecule has 3 atom stereocenters. The average molecular weight is 384 g/mol. The van der Waals surface area contributed by atoms with E-state index in [1.54, 1.807) is 0 Å². The SMILES string of the molecule is O[C@@H]1CCC(c2ccccc2)(c2ccccc2)[C@@H]2CN(Cc3ccccc3)C[C@H]12. The molecule has 0 unspecified atom stereocenters. The van der Waals surface area contributed by atoms with Gasteiger partial charge in [0.2, 0.25) is 0 Å². The molecule has 1 heterocycles. The summed E-state index contributed by atoms with van der Waals surface area (Å²) >= 11 is 0. The maximum absolute atomic E-state index is 11.0. The van der Waals surface area contributed by atoms with Gasteiger partial charge in [-0.15, -0.1) is 0 Å². The Morgan fingerprint density at radius 1 is 0.759 bits per heavy atom. The molecule has 1 saturated heterocycles. The van der Waals surface area contributed by atoms with Crippen LogP contribution in [0.4, 0.5) is 0 Å². The zero-order chi connectivity index (χ0) is 19.7. The zero-order valence-electron chi connectivity index (χ0n) is 16.8. The molecule has 1 saturated carbocycles. The molecule has 2 nitrogen and oxygen atoms in total. The molecule has 1 aliphatic carbocycles. The summed E-state index contributed by atoms with van der Waals surface area (Å²) in [6.07, 6.45) is 1.66. The predicted molar refractivity (Wildman–Crippen MR) is 118 cm³/mol. The van der Waals surface area contributed by atoms with Gasteiger partial charge in [-0.05, 0) is 35.4 Å². The molecule has 0 aromatic heterocycles. The van der Waals surface area contributed by atoms with Gasteiger partial charge >= 0.3 is 0 Å². The van der Waals surface area contributed by atoms with Crippen LogP contribution in [-0.2, 0) is 12.0 Å². The lowest BCUT2D eigenvalue weighted by molar-refractivity contribution is 0.0234. The summed E-state index contributed by atoms with van der Waals surface area (Å²) in [7, 11) is 0. The fourth-order valence-electron chi connectivity index (χ4n) is 5.92. The highest BCUT2D eigenvalue weighted by molar-refractivity contribution is 5.42. The Balaban J connectivity index is 1.55. The number of aliphatic hydroxyl groups is 1. The molecule has 0 spiro atoms. The average Bonchev–Trinajstić information content (AvgIpc) is 3.21. The lowest BCUT2D eigenvalue weighted by atomic mass is 9.56. The van der Waals surface area contributed by atoms with Crippen molar-refractivity contribution >= 4 is 0 Å². The van der Waals surface area contributed by atoms with E-state index in [1.807, 2.05) is 0 Å². The van der Waals surface area contributed by atoms with E-state index >= 15 is 0 Å². The van der Waals surface area contributed by atoms with Crippen LogP contribution < -0.4 is 0 Å². The van der Waals surface area contributed by atoms with Crippen LogP contribution in [-0.4, -0.2) is 29.2 Å². The van der Waals surface area contributed by atoms with Crippen LogP contribution in [0.2, 0.25) is 0 Å². The summed E-state index contributed by atoms with van der Waals surface area (Å²) in [5.41, 5.74) is 4.12. The molecule has 2 fully saturated rings. The smallest absolute Gasteiger partial charge is 0.0584 e. The highest BCUT2D eigenvalue weighted by atomic mass is 16.3. The largest absolute Gasteiger partial charge is 0.393 e. The summed E-state index contributed by atoms with van der Waals surface area (Å²) in [4.78, 5) is 2.56. The maximum Gasteiger partial charge on any atom is 0.0584 e. The number of likely N-dealkylation sites (tertiary alicyclic amines) is 1. The third-order valence-electron chi connectivity index (χ3n) is 7.23. The van der Waals surface area contributed by atoms with Crippen LogP contribution in [0, 0.1) is 11.8 Å². The molecule has 1 aliphatic heterocycles. The van der Waals surface area contributed by atoms with E-state index in [-0.39, 0.29) is 11.5 Å². The Morgan fingerprint density at radius 2 is 1.31 bits per heavy atom. The van der Waals surface area contributed by atoms with Gasteiger partial charge in [0, 0.05) is 31.0 Å². The van der Waals surface area contributed by atoms with E-state index in [1.165, 1.54) is 16.7 Å². The first-order chi connectivity index (χ1) is 14.3. The van der Waals surface area contributed by atoms with Crippen LogP contribution in [0.5, 0.6) is 0 Å². The fraction of sp³-hybridized carbons (Fsp3) is 0.333. The number of benzene rings is 3. The van der Waals surface area contributed by atoms with Crippen molar-refractivity contribution in [3.8, 4) is 0 Å². The molecule has 2 heteroatoms. The normalized spacial score (nSPS) is 26.2. The highest BCUT2D eigenvalue weighted by Crippen LogP contribution is 2.53. The van der Waals surface area contributed by atoms with Gasteiger partial charge in [-0.2, -0.15) is 0 Å². The minimum Gasteiger partial charge on any atom is -0.393 e.